The van der Waals surface area contributed by atoms with E-state index in [9.17, 15) is 13.2 Å². The molecule has 0 aromatic rings. The smallest absolute Gasteiger partial charge is 0.244 e. The van der Waals surface area contributed by atoms with Crippen molar-refractivity contribution in [3.8, 4) is 0 Å². The molecule has 1 saturated carbocycles. The third kappa shape index (κ3) is 2.09. The SMILES string of the molecule is CC(C)C1NC2(CC2)C(=O)N1CC1CCCS1(=O)=O. The van der Waals surface area contributed by atoms with Crippen LogP contribution in [0.2, 0.25) is 0 Å². The topological polar surface area (TPSA) is 66.5 Å². The largest absolute Gasteiger partial charge is 0.324 e. The Morgan fingerprint density at radius 1 is 1.42 bits per heavy atom. The molecule has 2 saturated heterocycles. The third-order valence-electron chi connectivity index (χ3n) is 4.67. The standard InChI is InChI=1S/C13H22N2O3S/c1-9(2)11-14-13(5-6-13)12(16)15(11)8-10-4-3-7-19(10,17)18/h9-11,14H,3-8H2,1-2H3. The first kappa shape index (κ1) is 13.4. The van der Waals surface area contributed by atoms with Gasteiger partial charge in [-0.2, -0.15) is 0 Å². The van der Waals surface area contributed by atoms with Crippen LogP contribution in [0, 0.1) is 5.92 Å². The van der Waals surface area contributed by atoms with Crippen molar-refractivity contribution in [2.45, 2.75) is 56.5 Å². The maximum atomic E-state index is 12.5. The van der Waals surface area contributed by atoms with E-state index in [1.165, 1.54) is 0 Å². The molecular formula is C13H22N2O3S. The summed E-state index contributed by atoms with van der Waals surface area (Å²) in [7, 11) is -2.99. The van der Waals surface area contributed by atoms with E-state index in [2.05, 4.69) is 19.2 Å². The minimum absolute atomic E-state index is 0.00852. The van der Waals surface area contributed by atoms with Crippen LogP contribution in [0.1, 0.15) is 39.5 Å². The summed E-state index contributed by atoms with van der Waals surface area (Å²) in [6.07, 6.45) is 3.21. The van der Waals surface area contributed by atoms with Gasteiger partial charge in [-0.25, -0.2) is 8.42 Å². The summed E-state index contributed by atoms with van der Waals surface area (Å²) in [5.74, 6) is 0.700. The van der Waals surface area contributed by atoms with Gasteiger partial charge in [0, 0.05) is 6.54 Å². The molecule has 0 radical (unpaired) electrons. The summed E-state index contributed by atoms with van der Waals surface area (Å²) in [6, 6.07) is 0. The molecule has 2 aliphatic heterocycles. The van der Waals surface area contributed by atoms with E-state index in [4.69, 9.17) is 0 Å². The maximum absolute atomic E-state index is 12.5. The number of amides is 1. The van der Waals surface area contributed by atoms with Crippen molar-refractivity contribution in [2.24, 2.45) is 5.92 Å². The Hall–Kier alpha value is -0.620. The van der Waals surface area contributed by atoms with Crippen LogP contribution in [0.25, 0.3) is 0 Å². The van der Waals surface area contributed by atoms with E-state index in [0.717, 1.165) is 19.3 Å². The van der Waals surface area contributed by atoms with E-state index in [-0.39, 0.29) is 28.6 Å². The zero-order valence-corrected chi connectivity index (χ0v) is 12.4. The van der Waals surface area contributed by atoms with Gasteiger partial charge in [-0.15, -0.1) is 0 Å². The van der Waals surface area contributed by atoms with Gasteiger partial charge in [-0.3, -0.25) is 10.1 Å². The lowest BCUT2D eigenvalue weighted by Gasteiger charge is -2.29. The highest BCUT2D eigenvalue weighted by Gasteiger charge is 2.60. The van der Waals surface area contributed by atoms with Gasteiger partial charge < -0.3 is 4.90 Å². The van der Waals surface area contributed by atoms with Crippen LogP contribution in [-0.4, -0.2) is 48.5 Å². The number of hydrogen-bond acceptors (Lipinski definition) is 4. The minimum atomic E-state index is -2.99. The minimum Gasteiger partial charge on any atom is -0.324 e. The molecule has 3 aliphatic rings. The number of sulfone groups is 1. The molecule has 1 aliphatic carbocycles. The molecule has 2 atom stereocenters. The van der Waals surface area contributed by atoms with Crippen molar-refractivity contribution in [1.29, 1.82) is 0 Å². The van der Waals surface area contributed by atoms with Gasteiger partial charge in [-0.1, -0.05) is 13.8 Å². The molecule has 3 rings (SSSR count). The predicted molar refractivity (Wildman–Crippen MR) is 72.2 cm³/mol. The zero-order valence-electron chi connectivity index (χ0n) is 11.6. The van der Waals surface area contributed by atoms with Gasteiger partial charge in [-0.05, 0) is 31.6 Å². The van der Waals surface area contributed by atoms with E-state index in [1.54, 1.807) is 4.90 Å². The Labute approximate surface area is 114 Å². The van der Waals surface area contributed by atoms with Crippen molar-refractivity contribution in [2.75, 3.05) is 12.3 Å². The number of hydrogen-bond donors (Lipinski definition) is 1. The predicted octanol–water partition coefficient (Wildman–Crippen LogP) is 0.510. The van der Waals surface area contributed by atoms with E-state index in [0.29, 0.717) is 18.9 Å². The Kier molecular flexibility index (Phi) is 2.94. The molecule has 1 N–H and O–H groups in total. The van der Waals surface area contributed by atoms with Gasteiger partial charge in [0.25, 0.3) is 0 Å². The van der Waals surface area contributed by atoms with E-state index >= 15 is 0 Å². The summed E-state index contributed by atoms with van der Waals surface area (Å²) < 4.78 is 23.9. The first-order valence-corrected chi connectivity index (χ1v) is 8.88. The Bertz CT molecular complexity index is 496. The first-order valence-electron chi connectivity index (χ1n) is 7.16. The number of rotatable bonds is 3. The fraction of sp³-hybridized carbons (Fsp3) is 0.923. The molecule has 2 heterocycles. The molecule has 6 heteroatoms. The fourth-order valence-electron chi connectivity index (χ4n) is 3.31. The number of nitrogens with one attached hydrogen (secondary N) is 1. The average Bonchev–Trinajstić information content (AvgIpc) is 2.96. The van der Waals surface area contributed by atoms with E-state index in [1.807, 2.05) is 0 Å². The van der Waals surface area contributed by atoms with Crippen molar-refractivity contribution in [3.05, 3.63) is 0 Å². The van der Waals surface area contributed by atoms with Crippen molar-refractivity contribution >= 4 is 15.7 Å². The van der Waals surface area contributed by atoms with Gasteiger partial charge in [0.1, 0.15) is 0 Å². The second-order valence-electron chi connectivity index (χ2n) is 6.50. The molecule has 1 spiro atoms. The molecule has 19 heavy (non-hydrogen) atoms. The second-order valence-corrected chi connectivity index (χ2v) is 8.90. The molecule has 2 unspecified atom stereocenters. The number of carbonyl (C=O) groups excluding carboxylic acids is 1. The van der Waals surface area contributed by atoms with Crippen molar-refractivity contribution in [1.82, 2.24) is 10.2 Å². The van der Waals surface area contributed by atoms with Crippen LogP contribution in [0.15, 0.2) is 0 Å². The van der Waals surface area contributed by atoms with Gasteiger partial charge >= 0.3 is 0 Å². The lowest BCUT2D eigenvalue weighted by atomic mass is 10.1. The number of nitrogens with zero attached hydrogens (tertiary/aromatic N) is 1. The summed E-state index contributed by atoms with van der Waals surface area (Å²) in [5, 5.41) is 3.07. The molecule has 108 valence electrons. The van der Waals surface area contributed by atoms with Gasteiger partial charge in [0.2, 0.25) is 5.91 Å². The highest BCUT2D eigenvalue weighted by atomic mass is 32.2. The lowest BCUT2D eigenvalue weighted by molar-refractivity contribution is -0.131. The fourth-order valence-corrected chi connectivity index (χ4v) is 5.13. The zero-order chi connectivity index (χ0) is 13.8. The molecule has 0 aromatic carbocycles. The van der Waals surface area contributed by atoms with Gasteiger partial charge in [0.05, 0.1) is 22.7 Å². The average molecular weight is 286 g/mol. The summed E-state index contributed by atoms with van der Waals surface area (Å²) in [4.78, 5) is 14.3. The Balaban J connectivity index is 1.80. The molecule has 0 bridgehead atoms. The molecule has 3 fully saturated rings. The Morgan fingerprint density at radius 3 is 2.58 bits per heavy atom. The van der Waals surface area contributed by atoms with Crippen molar-refractivity contribution in [3.63, 3.8) is 0 Å². The van der Waals surface area contributed by atoms with Gasteiger partial charge in [0.15, 0.2) is 9.84 Å². The monoisotopic (exact) mass is 286 g/mol. The molecular weight excluding hydrogens is 264 g/mol. The van der Waals surface area contributed by atoms with Crippen LogP contribution < -0.4 is 5.32 Å². The van der Waals surface area contributed by atoms with E-state index < -0.39 is 9.84 Å². The molecule has 0 aromatic heterocycles. The summed E-state index contributed by atoms with van der Waals surface area (Å²) >= 11 is 0. The second kappa shape index (κ2) is 4.19. The van der Waals surface area contributed by atoms with Crippen molar-refractivity contribution < 1.29 is 13.2 Å². The normalized spacial score (nSPS) is 35.5. The quantitative estimate of drug-likeness (QED) is 0.821. The van der Waals surface area contributed by atoms with Crippen LogP contribution in [-0.2, 0) is 14.6 Å². The van der Waals surface area contributed by atoms with Crippen LogP contribution >= 0.6 is 0 Å². The van der Waals surface area contributed by atoms with Crippen LogP contribution in [0.3, 0.4) is 0 Å². The van der Waals surface area contributed by atoms with Crippen LogP contribution in [0.4, 0.5) is 0 Å². The third-order valence-corrected chi connectivity index (χ3v) is 6.93. The number of carbonyl (C=O) groups is 1. The maximum Gasteiger partial charge on any atom is 0.244 e. The first-order chi connectivity index (χ1) is 8.86. The van der Waals surface area contributed by atoms with Crippen LogP contribution in [0.5, 0.6) is 0 Å². The highest BCUT2D eigenvalue weighted by molar-refractivity contribution is 7.92. The Morgan fingerprint density at radius 2 is 2.11 bits per heavy atom. The summed E-state index contributed by atoms with van der Waals surface area (Å²) in [5.41, 5.74) is -0.350. The molecule has 1 amide bonds. The highest BCUT2D eigenvalue weighted by Crippen LogP contribution is 2.43. The molecule has 5 nitrogen and oxygen atoms in total. The lowest BCUT2D eigenvalue weighted by Crippen LogP contribution is -2.45. The summed E-state index contributed by atoms with van der Waals surface area (Å²) in [6.45, 7) is 4.52.